The van der Waals surface area contributed by atoms with Gasteiger partial charge in [-0.1, -0.05) is 24.3 Å². The van der Waals surface area contributed by atoms with Gasteiger partial charge in [0.2, 0.25) is 0 Å². The molecule has 0 aliphatic rings. The van der Waals surface area contributed by atoms with Crippen molar-refractivity contribution in [2.75, 3.05) is 5.73 Å². The lowest BCUT2D eigenvalue weighted by atomic mass is 10.1. The fraction of sp³-hybridized carbons (Fsp3) is 0.0476. The van der Waals surface area contributed by atoms with Gasteiger partial charge < -0.3 is 5.73 Å². The highest BCUT2D eigenvalue weighted by atomic mass is 127. The summed E-state index contributed by atoms with van der Waals surface area (Å²) in [6.07, 6.45) is 1.33. The maximum Gasteiger partial charge on any atom is 0.266 e. The Kier molecular flexibility index (Phi) is 4.65. The molecule has 0 spiro atoms. The van der Waals surface area contributed by atoms with Crippen LogP contribution in [0.15, 0.2) is 59.7 Å². The van der Waals surface area contributed by atoms with Crippen molar-refractivity contribution >= 4 is 50.2 Å². The van der Waals surface area contributed by atoms with E-state index >= 15 is 0 Å². The van der Waals surface area contributed by atoms with Gasteiger partial charge in [0, 0.05) is 5.69 Å². The maximum atomic E-state index is 14.7. The number of nitrogens with two attached hydrogens (primary N) is 1. The highest BCUT2D eigenvalue weighted by molar-refractivity contribution is 14.1. The van der Waals surface area contributed by atoms with E-state index in [-0.39, 0.29) is 23.4 Å². The normalized spacial score (nSPS) is 11.5. The second-order valence-electron chi connectivity index (χ2n) is 6.84. The number of halogens is 3. The Labute approximate surface area is 187 Å². The lowest BCUT2D eigenvalue weighted by Crippen LogP contribution is -2.25. The molecule has 0 amide bonds. The average Bonchev–Trinajstić information content (AvgIpc) is 3.05. The molecule has 2 aromatic carbocycles. The van der Waals surface area contributed by atoms with Crippen molar-refractivity contribution in [3.05, 3.63) is 86.2 Å². The van der Waals surface area contributed by atoms with Crippen molar-refractivity contribution in [3.63, 3.8) is 0 Å². The zero-order valence-corrected chi connectivity index (χ0v) is 17.9. The molecule has 0 fully saturated rings. The molecule has 0 saturated heterocycles. The van der Waals surface area contributed by atoms with Crippen LogP contribution in [0.4, 0.5) is 14.6 Å². The number of hydrogen-bond donors (Lipinski definition) is 1. The molecule has 10 heteroatoms. The van der Waals surface area contributed by atoms with Crippen LogP contribution >= 0.6 is 22.6 Å². The van der Waals surface area contributed by atoms with E-state index in [1.807, 2.05) is 22.6 Å². The fourth-order valence-corrected chi connectivity index (χ4v) is 4.41. The molecule has 7 nitrogen and oxygen atoms in total. The minimum atomic E-state index is -0.668. The minimum Gasteiger partial charge on any atom is -0.383 e. The zero-order chi connectivity index (χ0) is 21.7. The van der Waals surface area contributed by atoms with Crippen molar-refractivity contribution in [1.82, 2.24) is 24.3 Å². The first-order valence-electron chi connectivity index (χ1n) is 9.16. The molecule has 0 bridgehead atoms. The van der Waals surface area contributed by atoms with Crippen LogP contribution in [0.5, 0.6) is 0 Å². The monoisotopic (exact) mass is 530 g/mol. The van der Waals surface area contributed by atoms with Crippen LogP contribution in [0, 0.1) is 15.3 Å². The molecule has 0 aliphatic carbocycles. The number of benzene rings is 2. The summed E-state index contributed by atoms with van der Waals surface area (Å²) in [5.74, 6) is -0.987. The molecule has 0 aliphatic heterocycles. The number of pyridine rings is 1. The van der Waals surface area contributed by atoms with Crippen molar-refractivity contribution < 1.29 is 8.78 Å². The molecule has 0 atom stereocenters. The number of aromatic nitrogens is 5. The van der Waals surface area contributed by atoms with Crippen molar-refractivity contribution in [2.45, 2.75) is 6.54 Å². The molecule has 154 valence electrons. The van der Waals surface area contributed by atoms with Gasteiger partial charge in [0.05, 0.1) is 23.0 Å². The number of rotatable bonds is 3. The van der Waals surface area contributed by atoms with Gasteiger partial charge in [-0.25, -0.2) is 23.4 Å². The average molecular weight is 530 g/mol. The Hall–Kier alpha value is -3.41. The molecule has 0 saturated carbocycles. The first kappa shape index (κ1) is 19.5. The molecule has 5 aromatic rings. The molecule has 31 heavy (non-hydrogen) atoms. The Balaban J connectivity index is 1.82. The molecule has 3 aromatic heterocycles. The summed E-state index contributed by atoms with van der Waals surface area (Å²) >= 11 is 2.03. The number of nitrogen functional groups attached to an aromatic ring is 1. The van der Waals surface area contributed by atoms with E-state index in [0.717, 1.165) is 0 Å². The predicted octanol–water partition coefficient (Wildman–Crippen LogP) is 3.64. The van der Waals surface area contributed by atoms with Gasteiger partial charge in [0.1, 0.15) is 27.5 Å². The quantitative estimate of drug-likeness (QED) is 0.360. The lowest BCUT2D eigenvalue weighted by molar-refractivity contribution is 0.604. The molecule has 3 heterocycles. The summed E-state index contributed by atoms with van der Waals surface area (Å²) in [5.41, 5.74) is 6.21. The highest BCUT2D eigenvalue weighted by Crippen LogP contribution is 2.25. The van der Waals surface area contributed by atoms with E-state index in [0.29, 0.717) is 25.8 Å². The van der Waals surface area contributed by atoms with E-state index in [2.05, 4.69) is 15.1 Å². The summed E-state index contributed by atoms with van der Waals surface area (Å²) in [7, 11) is 0. The van der Waals surface area contributed by atoms with Gasteiger partial charge in [-0.05, 0) is 52.2 Å². The van der Waals surface area contributed by atoms with E-state index < -0.39 is 17.2 Å². The summed E-state index contributed by atoms with van der Waals surface area (Å²) < 4.78 is 32.5. The second kappa shape index (κ2) is 7.38. The van der Waals surface area contributed by atoms with E-state index in [1.54, 1.807) is 22.9 Å². The van der Waals surface area contributed by atoms with Gasteiger partial charge in [-0.3, -0.25) is 9.36 Å². The third kappa shape index (κ3) is 3.14. The number of anilines is 1. The fourth-order valence-electron chi connectivity index (χ4n) is 3.64. The molecule has 2 N–H and O–H groups in total. The molecular weight excluding hydrogens is 517 g/mol. The Morgan fingerprint density at radius 3 is 2.58 bits per heavy atom. The number of hydrogen-bond acceptors (Lipinski definition) is 5. The third-order valence-electron chi connectivity index (χ3n) is 4.99. The van der Waals surface area contributed by atoms with Crippen LogP contribution in [0.2, 0.25) is 0 Å². The number of nitrogens with zero attached hydrogens (tertiary/aromatic N) is 5. The van der Waals surface area contributed by atoms with Crippen molar-refractivity contribution in [2.24, 2.45) is 0 Å². The maximum absolute atomic E-state index is 14.7. The zero-order valence-electron chi connectivity index (χ0n) is 15.8. The molecule has 5 rings (SSSR count). The molecule has 0 radical (unpaired) electrons. The Bertz CT molecular complexity index is 1550. The van der Waals surface area contributed by atoms with Gasteiger partial charge in [-0.15, -0.1) is 0 Å². The highest BCUT2D eigenvalue weighted by Gasteiger charge is 2.19. The largest absolute Gasteiger partial charge is 0.383 e. The first-order chi connectivity index (χ1) is 15.0. The van der Waals surface area contributed by atoms with Crippen molar-refractivity contribution in [1.29, 1.82) is 0 Å². The van der Waals surface area contributed by atoms with Crippen LogP contribution in [0.3, 0.4) is 0 Å². The van der Waals surface area contributed by atoms with Crippen LogP contribution in [0.1, 0.15) is 5.69 Å². The lowest BCUT2D eigenvalue weighted by Gasteiger charge is -2.16. The molecular formula is C21H13F2IN6O. The Morgan fingerprint density at radius 1 is 1.00 bits per heavy atom. The van der Waals surface area contributed by atoms with E-state index in [9.17, 15) is 13.6 Å². The topological polar surface area (TPSA) is 91.6 Å². The van der Waals surface area contributed by atoms with Gasteiger partial charge in [0.25, 0.3) is 5.56 Å². The van der Waals surface area contributed by atoms with Gasteiger partial charge in [0.15, 0.2) is 5.65 Å². The predicted molar refractivity (Wildman–Crippen MR) is 121 cm³/mol. The van der Waals surface area contributed by atoms with Gasteiger partial charge in [-0.2, -0.15) is 5.10 Å². The number of fused-ring (bicyclic) bond motifs is 2. The summed E-state index contributed by atoms with van der Waals surface area (Å²) in [6, 6.07) is 11.9. The van der Waals surface area contributed by atoms with E-state index in [4.69, 9.17) is 5.73 Å². The second-order valence-corrected chi connectivity index (χ2v) is 7.86. The number of para-hydroxylation sites is 1. The van der Waals surface area contributed by atoms with Crippen LogP contribution in [-0.2, 0) is 6.54 Å². The summed E-state index contributed by atoms with van der Waals surface area (Å²) in [6.45, 7) is 0.0754. The third-order valence-corrected chi connectivity index (χ3v) is 5.75. The standard InChI is InChI=1S/C21H13F2IN6O/c22-13-5-1-2-7-15(13)30-12(8-11-4-3-6-14(23)16(11)21(30)31)9-29-20-17(18(24)28-29)19(25)26-10-27-20/h1-8,10H,9H2,(H2,25,26,27). The molecule has 0 unspecified atom stereocenters. The summed E-state index contributed by atoms with van der Waals surface area (Å²) in [5, 5.41) is 5.36. The van der Waals surface area contributed by atoms with E-state index in [1.165, 1.54) is 41.2 Å². The SMILES string of the molecule is Nc1ncnc2c1c(I)nn2Cc1cc2cccc(F)c2c(=O)n1-c1ccccc1F. The smallest absolute Gasteiger partial charge is 0.266 e. The van der Waals surface area contributed by atoms with Crippen molar-refractivity contribution in [3.8, 4) is 5.69 Å². The first-order valence-corrected chi connectivity index (χ1v) is 10.2. The summed E-state index contributed by atoms with van der Waals surface area (Å²) in [4.78, 5) is 21.6. The van der Waals surface area contributed by atoms with Crippen LogP contribution in [0.25, 0.3) is 27.5 Å². The Morgan fingerprint density at radius 2 is 1.77 bits per heavy atom. The van der Waals surface area contributed by atoms with Crippen LogP contribution < -0.4 is 11.3 Å². The van der Waals surface area contributed by atoms with Crippen LogP contribution in [-0.4, -0.2) is 24.3 Å². The minimum absolute atomic E-state index is 0.0213. The van der Waals surface area contributed by atoms with Gasteiger partial charge >= 0.3 is 0 Å².